The molecule has 0 amide bonds. The highest BCUT2D eigenvalue weighted by molar-refractivity contribution is 7.09. The zero-order chi connectivity index (χ0) is 18.0. The van der Waals surface area contributed by atoms with Crippen molar-refractivity contribution in [1.29, 1.82) is 0 Å². The fraction of sp³-hybridized carbons (Fsp3) is 0.500. The van der Waals surface area contributed by atoms with Gasteiger partial charge in [-0.3, -0.25) is 9.78 Å². The third-order valence-corrected chi connectivity index (χ3v) is 5.36. The Morgan fingerprint density at radius 2 is 2.20 bits per heavy atom. The Labute approximate surface area is 156 Å². The summed E-state index contributed by atoms with van der Waals surface area (Å²) >= 11 is 7.71. The van der Waals surface area contributed by atoms with E-state index in [4.69, 9.17) is 21.1 Å². The number of rotatable bonds is 6. The average Bonchev–Trinajstić information content (AvgIpc) is 3.02. The highest BCUT2D eigenvalue weighted by atomic mass is 35.5. The summed E-state index contributed by atoms with van der Waals surface area (Å²) in [5.74, 6) is 0.471. The summed E-state index contributed by atoms with van der Waals surface area (Å²) in [7, 11) is 0. The fourth-order valence-corrected chi connectivity index (χ4v) is 3.72. The van der Waals surface area contributed by atoms with E-state index in [2.05, 4.69) is 30.7 Å². The zero-order valence-electron chi connectivity index (χ0n) is 14.5. The molecule has 2 aromatic heterocycles. The van der Waals surface area contributed by atoms with E-state index in [1.807, 2.05) is 5.38 Å². The number of carbonyl (C=O) groups is 1. The number of ketones is 1. The number of nitrogens with zero attached hydrogens (tertiary/aromatic N) is 2. The number of carbonyl (C=O) groups excluding carboxylic acids is 1. The van der Waals surface area contributed by atoms with Gasteiger partial charge in [-0.05, 0) is 5.41 Å². The summed E-state index contributed by atoms with van der Waals surface area (Å²) in [4.78, 5) is 21.4. The lowest BCUT2D eigenvalue weighted by molar-refractivity contribution is -0.0796. The first-order valence-electron chi connectivity index (χ1n) is 8.17. The second-order valence-corrected chi connectivity index (χ2v) is 8.53. The third-order valence-electron chi connectivity index (χ3n) is 4.19. The van der Waals surface area contributed by atoms with Crippen LogP contribution in [0.25, 0.3) is 0 Å². The molecule has 0 aromatic carbocycles. The second kappa shape index (κ2) is 7.40. The smallest absolute Gasteiger partial charge is 0.182 e. The first-order valence-corrected chi connectivity index (χ1v) is 9.43. The zero-order valence-corrected chi connectivity index (χ0v) is 16.1. The Bertz CT molecular complexity index is 739. The van der Waals surface area contributed by atoms with Crippen molar-refractivity contribution in [3.8, 4) is 5.75 Å². The van der Waals surface area contributed by atoms with Crippen LogP contribution >= 0.6 is 22.9 Å². The van der Waals surface area contributed by atoms with E-state index in [0.717, 1.165) is 5.01 Å². The second-order valence-electron chi connectivity index (χ2n) is 7.19. The molecule has 5 nitrogen and oxygen atoms in total. The van der Waals surface area contributed by atoms with E-state index in [0.29, 0.717) is 36.1 Å². The van der Waals surface area contributed by atoms with Gasteiger partial charge in [0.2, 0.25) is 0 Å². The molecule has 0 aliphatic carbocycles. The molecule has 1 aliphatic heterocycles. The molecular formula is C18H21ClN2O3S. The minimum Gasteiger partial charge on any atom is -0.484 e. The number of thiazole rings is 1. The third kappa shape index (κ3) is 4.37. The minimum atomic E-state index is -0.0808. The number of aromatic nitrogens is 2. The lowest BCUT2D eigenvalue weighted by Gasteiger charge is -2.29. The van der Waals surface area contributed by atoms with Crippen LogP contribution in [0.1, 0.15) is 48.6 Å². The molecule has 0 saturated carbocycles. The summed E-state index contributed by atoms with van der Waals surface area (Å²) in [6.07, 6.45) is 3.58. The average molecular weight is 381 g/mol. The summed E-state index contributed by atoms with van der Waals surface area (Å²) in [6.45, 7) is 7.43. The van der Waals surface area contributed by atoms with E-state index >= 15 is 0 Å². The van der Waals surface area contributed by atoms with Gasteiger partial charge in [0.25, 0.3) is 0 Å². The van der Waals surface area contributed by atoms with Crippen LogP contribution in [0.3, 0.4) is 0 Å². The highest BCUT2D eigenvalue weighted by Gasteiger charge is 2.31. The topological polar surface area (TPSA) is 61.3 Å². The molecular weight excluding hydrogens is 360 g/mol. The van der Waals surface area contributed by atoms with Gasteiger partial charge in [0.05, 0.1) is 24.4 Å². The van der Waals surface area contributed by atoms with Gasteiger partial charge in [-0.2, -0.15) is 0 Å². The molecule has 3 rings (SSSR count). The van der Waals surface area contributed by atoms with E-state index in [1.165, 1.54) is 6.20 Å². The molecule has 1 fully saturated rings. The van der Waals surface area contributed by atoms with E-state index in [9.17, 15) is 4.79 Å². The number of ether oxygens (including phenoxy) is 2. The van der Waals surface area contributed by atoms with E-state index in [1.54, 1.807) is 23.6 Å². The number of hydrogen-bond donors (Lipinski definition) is 0. The summed E-state index contributed by atoms with van der Waals surface area (Å²) in [5, 5.41) is 3.31. The first kappa shape index (κ1) is 18.3. The largest absolute Gasteiger partial charge is 0.484 e. The van der Waals surface area contributed by atoms with Gasteiger partial charge in [0, 0.05) is 30.0 Å². The van der Waals surface area contributed by atoms with Crippen molar-refractivity contribution < 1.29 is 14.3 Å². The molecule has 25 heavy (non-hydrogen) atoms. The van der Waals surface area contributed by atoms with Crippen LogP contribution in [-0.2, 0) is 4.74 Å². The molecule has 0 spiro atoms. The van der Waals surface area contributed by atoms with Crippen LogP contribution in [0.2, 0.25) is 5.02 Å². The molecule has 2 aromatic rings. The number of pyridine rings is 1. The number of hydrogen-bond acceptors (Lipinski definition) is 6. The molecule has 0 radical (unpaired) electrons. The SMILES string of the molecule is CC(C)(C)C(CC(=O)c1cc(OC2COC2)c(Cl)cn1)c1nccs1. The van der Waals surface area contributed by atoms with Gasteiger partial charge in [-0.15, -0.1) is 11.3 Å². The van der Waals surface area contributed by atoms with Crippen molar-refractivity contribution in [2.24, 2.45) is 5.41 Å². The Hall–Kier alpha value is -1.50. The Morgan fingerprint density at radius 1 is 1.44 bits per heavy atom. The summed E-state index contributed by atoms with van der Waals surface area (Å²) < 4.78 is 10.9. The predicted molar refractivity (Wildman–Crippen MR) is 97.7 cm³/mol. The van der Waals surface area contributed by atoms with Crippen LogP contribution in [-0.4, -0.2) is 35.1 Å². The normalized spacial score (nSPS) is 16.3. The lowest BCUT2D eigenvalue weighted by Crippen LogP contribution is -2.38. The van der Waals surface area contributed by atoms with E-state index < -0.39 is 0 Å². The van der Waals surface area contributed by atoms with Crippen molar-refractivity contribution in [2.45, 2.75) is 39.2 Å². The van der Waals surface area contributed by atoms with Crippen LogP contribution in [0, 0.1) is 5.41 Å². The maximum atomic E-state index is 12.8. The maximum Gasteiger partial charge on any atom is 0.182 e. The first-order chi connectivity index (χ1) is 11.8. The van der Waals surface area contributed by atoms with Crippen molar-refractivity contribution >= 4 is 28.7 Å². The molecule has 0 N–H and O–H groups in total. The lowest BCUT2D eigenvalue weighted by atomic mass is 9.78. The van der Waals surface area contributed by atoms with E-state index in [-0.39, 0.29) is 23.2 Å². The number of Topliss-reactive ketones (excluding diaryl/α,β-unsaturated/α-hetero) is 1. The van der Waals surface area contributed by atoms with Crippen LogP contribution in [0.5, 0.6) is 5.75 Å². The van der Waals surface area contributed by atoms with Gasteiger partial charge in [0.1, 0.15) is 22.6 Å². The number of halogens is 1. The van der Waals surface area contributed by atoms with Gasteiger partial charge in [-0.1, -0.05) is 32.4 Å². The maximum absolute atomic E-state index is 12.8. The Kier molecular flexibility index (Phi) is 5.41. The molecule has 1 aliphatic rings. The monoisotopic (exact) mass is 380 g/mol. The van der Waals surface area contributed by atoms with Gasteiger partial charge >= 0.3 is 0 Å². The molecule has 7 heteroatoms. The van der Waals surface area contributed by atoms with Crippen molar-refractivity contribution in [2.75, 3.05) is 13.2 Å². The van der Waals surface area contributed by atoms with Crippen molar-refractivity contribution in [1.82, 2.24) is 9.97 Å². The Morgan fingerprint density at radius 3 is 2.76 bits per heavy atom. The molecule has 1 atom stereocenters. The predicted octanol–water partition coefficient (Wildman–Crippen LogP) is 4.37. The summed E-state index contributed by atoms with van der Waals surface area (Å²) in [5.41, 5.74) is 0.285. The van der Waals surface area contributed by atoms with Gasteiger partial charge in [-0.25, -0.2) is 4.98 Å². The highest BCUT2D eigenvalue weighted by Crippen LogP contribution is 2.39. The van der Waals surface area contributed by atoms with Crippen LogP contribution in [0.4, 0.5) is 0 Å². The standard InChI is InChI=1S/C18H21ClN2O3S/c1-18(2,3)12(17-20-4-5-25-17)6-15(22)14-7-16(13(19)8-21-14)24-11-9-23-10-11/h4-5,7-8,11-12H,6,9-10H2,1-3H3. The molecule has 1 unspecified atom stereocenters. The molecule has 134 valence electrons. The fourth-order valence-electron chi connectivity index (χ4n) is 2.59. The quantitative estimate of drug-likeness (QED) is 0.696. The van der Waals surface area contributed by atoms with Gasteiger partial charge in [0.15, 0.2) is 5.78 Å². The van der Waals surface area contributed by atoms with Crippen molar-refractivity contribution in [3.05, 3.63) is 39.6 Å². The summed E-state index contributed by atoms with van der Waals surface area (Å²) in [6, 6.07) is 1.63. The van der Waals surface area contributed by atoms with Crippen LogP contribution < -0.4 is 4.74 Å². The Balaban J connectivity index is 1.78. The van der Waals surface area contributed by atoms with Crippen LogP contribution in [0.15, 0.2) is 23.8 Å². The van der Waals surface area contributed by atoms with Gasteiger partial charge < -0.3 is 9.47 Å². The molecule has 1 saturated heterocycles. The molecule has 3 heterocycles. The minimum absolute atomic E-state index is 0.0134. The molecule has 0 bridgehead atoms. The van der Waals surface area contributed by atoms with Crippen molar-refractivity contribution in [3.63, 3.8) is 0 Å².